The Balaban J connectivity index is 2.34. The van der Waals surface area contributed by atoms with Gasteiger partial charge in [-0.3, -0.25) is 0 Å². The average molecular weight is 251 g/mol. The predicted molar refractivity (Wildman–Crippen MR) is 54.5 cm³/mol. The van der Waals surface area contributed by atoms with Gasteiger partial charge in [0.05, 0.1) is 0 Å². The second-order valence-electron chi connectivity index (χ2n) is 3.47. The molecule has 1 saturated carbocycles. The summed E-state index contributed by atoms with van der Waals surface area (Å²) in [6.07, 6.45) is 1.89. The van der Waals surface area contributed by atoms with Crippen molar-refractivity contribution in [1.82, 2.24) is 9.97 Å². The Labute approximate surface area is 96.6 Å². The van der Waals surface area contributed by atoms with Crippen molar-refractivity contribution in [1.29, 1.82) is 0 Å². The number of methoxy groups -OCH3 is 1. The first-order chi connectivity index (χ1) is 7.13. The van der Waals surface area contributed by atoms with Crippen molar-refractivity contribution in [3.8, 4) is 0 Å². The molecule has 1 aliphatic rings. The second kappa shape index (κ2) is 4.20. The molecule has 0 bridgehead atoms. The van der Waals surface area contributed by atoms with Gasteiger partial charge >= 0.3 is 0 Å². The Bertz CT molecular complexity index is 361. The van der Waals surface area contributed by atoms with Crippen LogP contribution in [0.3, 0.4) is 0 Å². The van der Waals surface area contributed by atoms with Crippen molar-refractivity contribution in [3.63, 3.8) is 0 Å². The fourth-order valence-electron chi connectivity index (χ4n) is 1.44. The van der Waals surface area contributed by atoms with Gasteiger partial charge in [0, 0.05) is 7.11 Å². The van der Waals surface area contributed by atoms with Gasteiger partial charge in [-0.05, 0) is 18.8 Å². The molecule has 0 spiro atoms. The minimum Gasteiger partial charge on any atom is -0.373 e. The monoisotopic (exact) mass is 250 g/mol. The van der Waals surface area contributed by atoms with E-state index in [0.717, 1.165) is 12.8 Å². The topological polar surface area (TPSA) is 35.0 Å². The number of rotatable bonds is 3. The normalized spacial score (nSPS) is 17.9. The Morgan fingerprint density at radius 2 is 1.87 bits per heavy atom. The molecule has 1 fully saturated rings. The van der Waals surface area contributed by atoms with Crippen molar-refractivity contribution in [2.24, 2.45) is 5.92 Å². The SMILES string of the molecule is COC(c1nc(Cl)c(F)c(Cl)n1)C1CC1. The quantitative estimate of drug-likeness (QED) is 0.774. The molecule has 1 unspecified atom stereocenters. The molecule has 6 heteroatoms. The number of hydrogen-bond acceptors (Lipinski definition) is 3. The zero-order valence-corrected chi connectivity index (χ0v) is 9.52. The van der Waals surface area contributed by atoms with Crippen LogP contribution in [0.15, 0.2) is 0 Å². The van der Waals surface area contributed by atoms with Crippen molar-refractivity contribution in [3.05, 3.63) is 21.9 Å². The van der Waals surface area contributed by atoms with Crippen molar-refractivity contribution in [2.75, 3.05) is 7.11 Å². The van der Waals surface area contributed by atoms with Crippen LogP contribution in [-0.2, 0) is 4.74 Å². The van der Waals surface area contributed by atoms with Gasteiger partial charge in [0.15, 0.2) is 21.9 Å². The molecular formula is C9H9Cl2FN2O. The first-order valence-electron chi connectivity index (χ1n) is 4.54. The largest absolute Gasteiger partial charge is 0.373 e. The molecule has 1 atom stereocenters. The molecule has 1 aromatic rings. The maximum absolute atomic E-state index is 13.1. The van der Waals surface area contributed by atoms with Crippen LogP contribution in [0.4, 0.5) is 4.39 Å². The number of halogens is 3. The molecule has 1 aromatic heterocycles. The van der Waals surface area contributed by atoms with E-state index in [0.29, 0.717) is 11.7 Å². The summed E-state index contributed by atoms with van der Waals surface area (Å²) in [5, 5.41) is -0.514. The van der Waals surface area contributed by atoms with E-state index >= 15 is 0 Å². The van der Waals surface area contributed by atoms with Gasteiger partial charge in [0.1, 0.15) is 6.10 Å². The lowest BCUT2D eigenvalue weighted by Gasteiger charge is -2.13. The van der Waals surface area contributed by atoms with E-state index in [1.807, 2.05) is 0 Å². The van der Waals surface area contributed by atoms with Crippen LogP contribution in [0.5, 0.6) is 0 Å². The first-order valence-corrected chi connectivity index (χ1v) is 5.30. The van der Waals surface area contributed by atoms with Crippen molar-refractivity contribution in [2.45, 2.75) is 18.9 Å². The summed E-state index contributed by atoms with van der Waals surface area (Å²) >= 11 is 11.2. The second-order valence-corrected chi connectivity index (χ2v) is 4.19. The van der Waals surface area contributed by atoms with E-state index < -0.39 is 5.82 Å². The zero-order chi connectivity index (χ0) is 11.0. The lowest BCUT2D eigenvalue weighted by molar-refractivity contribution is 0.0770. The maximum atomic E-state index is 13.1. The summed E-state index contributed by atoms with van der Waals surface area (Å²) < 4.78 is 18.3. The highest BCUT2D eigenvalue weighted by Gasteiger charge is 2.35. The lowest BCUT2D eigenvalue weighted by Crippen LogP contribution is -2.10. The van der Waals surface area contributed by atoms with E-state index in [2.05, 4.69) is 9.97 Å². The molecule has 0 aliphatic heterocycles. The van der Waals surface area contributed by atoms with E-state index in [9.17, 15) is 4.39 Å². The van der Waals surface area contributed by atoms with Gasteiger partial charge in [-0.25, -0.2) is 14.4 Å². The fourth-order valence-corrected chi connectivity index (χ4v) is 1.84. The number of hydrogen-bond donors (Lipinski definition) is 0. The average Bonchev–Trinajstić information content (AvgIpc) is 2.99. The van der Waals surface area contributed by atoms with Crippen molar-refractivity contribution >= 4 is 23.2 Å². The van der Waals surface area contributed by atoms with E-state index in [-0.39, 0.29) is 16.4 Å². The van der Waals surface area contributed by atoms with Crippen LogP contribution in [0.2, 0.25) is 10.3 Å². The maximum Gasteiger partial charge on any atom is 0.197 e. The standard InChI is InChI=1S/C9H9Cl2FN2O/c1-15-6(4-2-3-4)9-13-7(10)5(12)8(11)14-9/h4,6H,2-3H2,1H3. The Morgan fingerprint density at radius 1 is 1.33 bits per heavy atom. The summed E-state index contributed by atoms with van der Waals surface area (Å²) in [7, 11) is 1.57. The Morgan fingerprint density at radius 3 is 2.27 bits per heavy atom. The number of ether oxygens (including phenoxy) is 1. The van der Waals surface area contributed by atoms with Crippen LogP contribution in [0.1, 0.15) is 24.8 Å². The van der Waals surface area contributed by atoms with Gasteiger partial charge in [0.2, 0.25) is 0 Å². The molecule has 15 heavy (non-hydrogen) atoms. The van der Waals surface area contributed by atoms with Gasteiger partial charge in [-0.15, -0.1) is 0 Å². The van der Waals surface area contributed by atoms with Gasteiger partial charge in [-0.2, -0.15) is 0 Å². The molecule has 0 N–H and O–H groups in total. The van der Waals surface area contributed by atoms with E-state index in [1.165, 1.54) is 0 Å². The number of aromatic nitrogens is 2. The predicted octanol–water partition coefficient (Wildman–Crippen LogP) is 3.02. The Kier molecular flexibility index (Phi) is 3.09. The summed E-state index contributed by atoms with van der Waals surface area (Å²) in [5.41, 5.74) is 0. The van der Waals surface area contributed by atoms with Crippen molar-refractivity contribution < 1.29 is 9.13 Å². The van der Waals surface area contributed by atoms with Gasteiger partial charge in [0.25, 0.3) is 0 Å². The third-order valence-electron chi connectivity index (χ3n) is 2.35. The molecule has 2 rings (SSSR count). The molecule has 0 saturated heterocycles. The summed E-state index contributed by atoms with van der Waals surface area (Å²) in [5.74, 6) is -0.0308. The molecule has 1 aliphatic carbocycles. The van der Waals surface area contributed by atoms with Gasteiger partial charge < -0.3 is 4.74 Å². The Hall–Kier alpha value is -0.450. The van der Waals surface area contributed by atoms with E-state index in [1.54, 1.807) is 7.11 Å². The van der Waals surface area contributed by atoms with Crippen LogP contribution in [0, 0.1) is 11.7 Å². The van der Waals surface area contributed by atoms with Gasteiger partial charge in [-0.1, -0.05) is 23.2 Å². The molecular weight excluding hydrogens is 242 g/mol. The molecule has 82 valence electrons. The fraction of sp³-hybridized carbons (Fsp3) is 0.556. The third-order valence-corrected chi connectivity index (χ3v) is 2.85. The highest BCUT2D eigenvalue weighted by Crippen LogP contribution is 2.42. The van der Waals surface area contributed by atoms with E-state index in [4.69, 9.17) is 27.9 Å². The van der Waals surface area contributed by atoms with Crippen LogP contribution < -0.4 is 0 Å². The van der Waals surface area contributed by atoms with Crippen LogP contribution in [0.25, 0.3) is 0 Å². The molecule has 0 aromatic carbocycles. The highest BCUT2D eigenvalue weighted by molar-refractivity contribution is 6.33. The molecule has 3 nitrogen and oxygen atoms in total. The van der Waals surface area contributed by atoms with Crippen LogP contribution >= 0.6 is 23.2 Å². The summed E-state index contributed by atoms with van der Waals surface area (Å²) in [6, 6.07) is 0. The van der Waals surface area contributed by atoms with Crippen LogP contribution in [-0.4, -0.2) is 17.1 Å². The lowest BCUT2D eigenvalue weighted by atomic mass is 10.2. The third kappa shape index (κ3) is 2.22. The first kappa shape index (κ1) is 11.0. The summed E-state index contributed by atoms with van der Waals surface area (Å²) in [4.78, 5) is 7.67. The highest BCUT2D eigenvalue weighted by atomic mass is 35.5. The minimum atomic E-state index is -0.785. The number of nitrogens with zero attached hydrogens (tertiary/aromatic N) is 2. The minimum absolute atomic E-state index is 0.236. The zero-order valence-electron chi connectivity index (χ0n) is 8.01. The smallest absolute Gasteiger partial charge is 0.197 e. The molecule has 0 amide bonds. The molecule has 1 heterocycles. The summed E-state index contributed by atoms with van der Waals surface area (Å²) in [6.45, 7) is 0. The molecule has 0 radical (unpaired) electrons.